The molecule has 4 rings (SSSR count). The number of para-hydroxylation sites is 1. The van der Waals surface area contributed by atoms with Crippen molar-refractivity contribution in [2.75, 3.05) is 38.3 Å². The van der Waals surface area contributed by atoms with Crippen molar-refractivity contribution in [3.63, 3.8) is 0 Å². The molecule has 1 aromatic heterocycles. The molecular formula is C20H24N4O4. The minimum absolute atomic E-state index is 0.245. The van der Waals surface area contributed by atoms with Crippen LogP contribution in [0.3, 0.4) is 0 Å². The molecule has 0 bridgehead atoms. The molecule has 2 aliphatic rings. The quantitative estimate of drug-likeness (QED) is 0.841. The molecule has 0 aliphatic carbocycles. The summed E-state index contributed by atoms with van der Waals surface area (Å²) < 4.78 is 16.8. The highest BCUT2D eigenvalue weighted by Gasteiger charge is 2.40. The molecule has 2 saturated heterocycles. The third-order valence-corrected chi connectivity index (χ3v) is 5.18. The Morgan fingerprint density at radius 2 is 1.96 bits per heavy atom. The van der Waals surface area contributed by atoms with Gasteiger partial charge < -0.3 is 24.4 Å². The van der Waals surface area contributed by atoms with Crippen molar-refractivity contribution in [2.24, 2.45) is 0 Å². The van der Waals surface area contributed by atoms with Gasteiger partial charge in [0.2, 0.25) is 0 Å². The Hall–Kier alpha value is -2.71. The molecule has 0 unspecified atom stereocenters. The monoisotopic (exact) mass is 384 g/mol. The minimum Gasteiger partial charge on any atom is -0.496 e. The number of benzene rings is 1. The first-order chi connectivity index (χ1) is 13.7. The smallest absolute Gasteiger partial charge is 0.270 e. The van der Waals surface area contributed by atoms with Crippen LogP contribution in [0.25, 0.3) is 0 Å². The van der Waals surface area contributed by atoms with E-state index in [2.05, 4.69) is 20.2 Å². The number of methoxy groups -OCH3 is 1. The maximum absolute atomic E-state index is 12.6. The SMILES string of the molecule is COc1ccccc1CNC(=O)c1cc(N2CCC3(CC2)OCCO3)ncn1. The molecule has 28 heavy (non-hydrogen) atoms. The van der Waals surface area contributed by atoms with E-state index in [4.69, 9.17) is 14.2 Å². The van der Waals surface area contributed by atoms with Crippen LogP contribution in [0.1, 0.15) is 28.9 Å². The largest absolute Gasteiger partial charge is 0.496 e. The average Bonchev–Trinajstić information content (AvgIpc) is 3.20. The van der Waals surface area contributed by atoms with E-state index in [0.717, 1.165) is 43.1 Å². The Labute approximate surface area is 163 Å². The van der Waals surface area contributed by atoms with Crippen LogP contribution in [-0.4, -0.2) is 55.1 Å². The molecule has 1 aromatic carbocycles. The van der Waals surface area contributed by atoms with Crippen LogP contribution in [0.4, 0.5) is 5.82 Å². The number of nitrogens with zero attached hydrogens (tertiary/aromatic N) is 3. The van der Waals surface area contributed by atoms with Gasteiger partial charge in [-0.25, -0.2) is 9.97 Å². The summed E-state index contributed by atoms with van der Waals surface area (Å²) in [6.45, 7) is 3.20. The molecule has 3 heterocycles. The molecule has 8 nitrogen and oxygen atoms in total. The van der Waals surface area contributed by atoms with E-state index in [-0.39, 0.29) is 5.91 Å². The van der Waals surface area contributed by atoms with E-state index >= 15 is 0 Å². The summed E-state index contributed by atoms with van der Waals surface area (Å²) in [7, 11) is 1.61. The number of amides is 1. The normalized spacial score (nSPS) is 18.2. The predicted molar refractivity (Wildman–Crippen MR) is 102 cm³/mol. The Bertz CT molecular complexity index is 828. The van der Waals surface area contributed by atoms with Crippen molar-refractivity contribution >= 4 is 11.7 Å². The summed E-state index contributed by atoms with van der Waals surface area (Å²) in [6, 6.07) is 9.32. The zero-order valence-corrected chi connectivity index (χ0v) is 15.9. The summed E-state index contributed by atoms with van der Waals surface area (Å²) >= 11 is 0. The van der Waals surface area contributed by atoms with Crippen LogP contribution in [0.5, 0.6) is 5.75 Å². The first-order valence-electron chi connectivity index (χ1n) is 9.44. The lowest BCUT2D eigenvalue weighted by Crippen LogP contribution is -2.45. The first-order valence-corrected chi connectivity index (χ1v) is 9.44. The first kappa shape index (κ1) is 18.6. The number of carbonyl (C=O) groups excluding carboxylic acids is 1. The number of hydrogen-bond acceptors (Lipinski definition) is 7. The van der Waals surface area contributed by atoms with Crippen LogP contribution in [0, 0.1) is 0 Å². The summed E-state index contributed by atoms with van der Waals surface area (Å²) in [5.41, 5.74) is 1.25. The van der Waals surface area contributed by atoms with Crippen molar-refractivity contribution in [2.45, 2.75) is 25.2 Å². The minimum atomic E-state index is -0.432. The molecule has 2 aromatic rings. The molecular weight excluding hydrogens is 360 g/mol. The van der Waals surface area contributed by atoms with E-state index in [0.29, 0.717) is 25.5 Å². The second kappa shape index (κ2) is 8.12. The highest BCUT2D eigenvalue weighted by Crippen LogP contribution is 2.32. The van der Waals surface area contributed by atoms with E-state index in [1.807, 2.05) is 24.3 Å². The summed E-state index contributed by atoms with van der Waals surface area (Å²) in [6.07, 6.45) is 3.00. The van der Waals surface area contributed by atoms with Crippen molar-refractivity contribution in [1.82, 2.24) is 15.3 Å². The van der Waals surface area contributed by atoms with Gasteiger partial charge in [0.15, 0.2) is 5.79 Å². The standard InChI is InChI=1S/C20H24N4O4/c1-26-17-5-3-2-4-15(17)13-21-19(25)16-12-18(23-14-22-16)24-8-6-20(7-9-24)27-10-11-28-20/h2-5,12,14H,6-11,13H2,1H3,(H,21,25). The topological polar surface area (TPSA) is 85.8 Å². The molecule has 2 aliphatic heterocycles. The lowest BCUT2D eigenvalue weighted by molar-refractivity contribution is -0.169. The van der Waals surface area contributed by atoms with E-state index in [9.17, 15) is 4.79 Å². The van der Waals surface area contributed by atoms with Crippen LogP contribution in [0.15, 0.2) is 36.7 Å². The fourth-order valence-corrected chi connectivity index (χ4v) is 3.62. The lowest BCUT2D eigenvalue weighted by atomic mass is 10.0. The number of anilines is 1. The number of aromatic nitrogens is 2. The Kier molecular flexibility index (Phi) is 5.40. The van der Waals surface area contributed by atoms with E-state index in [1.165, 1.54) is 6.33 Å². The molecule has 0 saturated carbocycles. The van der Waals surface area contributed by atoms with Crippen LogP contribution < -0.4 is 15.0 Å². The zero-order valence-electron chi connectivity index (χ0n) is 15.9. The van der Waals surface area contributed by atoms with Gasteiger partial charge in [0.1, 0.15) is 23.6 Å². The molecule has 0 radical (unpaired) electrons. The van der Waals surface area contributed by atoms with Gasteiger partial charge in [0.25, 0.3) is 5.91 Å². The molecule has 1 amide bonds. The highest BCUT2D eigenvalue weighted by atomic mass is 16.7. The third kappa shape index (κ3) is 3.93. The molecule has 148 valence electrons. The zero-order chi connectivity index (χ0) is 19.4. The highest BCUT2D eigenvalue weighted by molar-refractivity contribution is 5.92. The van der Waals surface area contributed by atoms with Gasteiger partial charge in [0, 0.05) is 44.1 Å². The van der Waals surface area contributed by atoms with E-state index in [1.54, 1.807) is 13.2 Å². The van der Waals surface area contributed by atoms with Gasteiger partial charge in [-0.1, -0.05) is 18.2 Å². The maximum atomic E-state index is 12.6. The average molecular weight is 384 g/mol. The molecule has 2 fully saturated rings. The van der Waals surface area contributed by atoms with Gasteiger partial charge in [0.05, 0.1) is 20.3 Å². The predicted octanol–water partition coefficient (Wildman–Crippen LogP) is 1.76. The third-order valence-electron chi connectivity index (χ3n) is 5.18. The van der Waals surface area contributed by atoms with Gasteiger partial charge in [-0.15, -0.1) is 0 Å². The number of piperidine rings is 1. The van der Waals surface area contributed by atoms with E-state index < -0.39 is 5.79 Å². The number of nitrogens with one attached hydrogen (secondary N) is 1. The van der Waals surface area contributed by atoms with Crippen molar-refractivity contribution < 1.29 is 19.0 Å². The molecule has 1 N–H and O–H groups in total. The summed E-state index contributed by atoms with van der Waals surface area (Å²) in [5, 5.41) is 2.89. The Balaban J connectivity index is 1.38. The Morgan fingerprint density at radius 3 is 2.71 bits per heavy atom. The fraction of sp³-hybridized carbons (Fsp3) is 0.450. The summed E-state index contributed by atoms with van der Waals surface area (Å²) in [5.74, 6) is 0.805. The number of hydrogen-bond donors (Lipinski definition) is 1. The summed E-state index contributed by atoms with van der Waals surface area (Å²) in [4.78, 5) is 23.2. The van der Waals surface area contributed by atoms with Crippen LogP contribution in [0.2, 0.25) is 0 Å². The maximum Gasteiger partial charge on any atom is 0.270 e. The van der Waals surface area contributed by atoms with Crippen LogP contribution in [-0.2, 0) is 16.0 Å². The van der Waals surface area contributed by atoms with Gasteiger partial charge >= 0.3 is 0 Å². The Morgan fingerprint density at radius 1 is 1.21 bits per heavy atom. The van der Waals surface area contributed by atoms with Crippen molar-refractivity contribution in [1.29, 1.82) is 0 Å². The van der Waals surface area contributed by atoms with Gasteiger partial charge in [-0.2, -0.15) is 0 Å². The van der Waals surface area contributed by atoms with Gasteiger partial charge in [-0.05, 0) is 6.07 Å². The second-order valence-corrected chi connectivity index (χ2v) is 6.85. The number of rotatable bonds is 5. The molecule has 1 spiro atoms. The van der Waals surface area contributed by atoms with Crippen molar-refractivity contribution in [3.8, 4) is 5.75 Å². The molecule has 0 atom stereocenters. The number of ether oxygens (including phenoxy) is 3. The van der Waals surface area contributed by atoms with Crippen LogP contribution >= 0.6 is 0 Å². The lowest BCUT2D eigenvalue weighted by Gasteiger charge is -2.38. The number of carbonyl (C=O) groups is 1. The molecule has 8 heteroatoms. The van der Waals surface area contributed by atoms with Gasteiger partial charge in [-0.3, -0.25) is 4.79 Å². The second-order valence-electron chi connectivity index (χ2n) is 6.85. The fourth-order valence-electron chi connectivity index (χ4n) is 3.62. The van der Waals surface area contributed by atoms with Crippen molar-refractivity contribution in [3.05, 3.63) is 47.9 Å².